The molecule has 4 N–H and O–H groups in total. The molecule has 1 aromatic rings. The number of hydrogen-bond acceptors (Lipinski definition) is 4. The minimum atomic E-state index is -0.948. The van der Waals surface area contributed by atoms with Gasteiger partial charge in [-0.3, -0.25) is 4.79 Å². The number of carbonyl (C=O) groups is 1. The van der Waals surface area contributed by atoms with Crippen LogP contribution in [0.5, 0.6) is 0 Å². The molecule has 19 heavy (non-hydrogen) atoms. The first-order valence-electron chi connectivity index (χ1n) is 6.45. The van der Waals surface area contributed by atoms with Gasteiger partial charge in [0.2, 0.25) is 5.91 Å². The van der Waals surface area contributed by atoms with Gasteiger partial charge in [-0.05, 0) is 24.6 Å². The third-order valence-electron chi connectivity index (χ3n) is 3.60. The molecule has 1 amide bonds. The maximum Gasteiger partial charge on any atom is 0.224 e. The molecule has 5 heteroatoms. The van der Waals surface area contributed by atoms with Gasteiger partial charge in [0.05, 0.1) is 12.5 Å². The molecule has 0 radical (unpaired) electrons. The average Bonchev–Trinajstić information content (AvgIpc) is 2.71. The van der Waals surface area contributed by atoms with Gasteiger partial charge < -0.3 is 20.9 Å². The normalized spacial score (nSPS) is 26.3. The molecule has 1 aliphatic rings. The van der Waals surface area contributed by atoms with Crippen molar-refractivity contribution in [3.8, 4) is 0 Å². The summed E-state index contributed by atoms with van der Waals surface area (Å²) >= 11 is 0. The van der Waals surface area contributed by atoms with Crippen LogP contribution in [0, 0.1) is 0 Å². The van der Waals surface area contributed by atoms with Crippen LogP contribution in [-0.2, 0) is 16.0 Å². The van der Waals surface area contributed by atoms with E-state index < -0.39 is 5.60 Å². The zero-order valence-corrected chi connectivity index (χ0v) is 11.1. The fraction of sp³-hybridized carbons (Fsp3) is 0.500. The van der Waals surface area contributed by atoms with Gasteiger partial charge in [0.15, 0.2) is 0 Å². The third kappa shape index (κ3) is 3.45. The van der Waals surface area contributed by atoms with Gasteiger partial charge in [-0.2, -0.15) is 0 Å². The van der Waals surface area contributed by atoms with Crippen LogP contribution in [0.3, 0.4) is 0 Å². The molecule has 2 unspecified atom stereocenters. The van der Waals surface area contributed by atoms with Crippen molar-refractivity contribution in [2.24, 2.45) is 0 Å². The first kappa shape index (κ1) is 13.8. The molecule has 1 aromatic carbocycles. The molecule has 0 saturated carbocycles. The van der Waals surface area contributed by atoms with Crippen molar-refractivity contribution >= 4 is 11.6 Å². The van der Waals surface area contributed by atoms with E-state index in [9.17, 15) is 9.90 Å². The third-order valence-corrected chi connectivity index (χ3v) is 3.60. The Balaban J connectivity index is 1.83. The highest BCUT2D eigenvalue weighted by molar-refractivity contribution is 5.78. The summed E-state index contributed by atoms with van der Waals surface area (Å²) in [7, 11) is 0. The van der Waals surface area contributed by atoms with Gasteiger partial charge in [-0.1, -0.05) is 12.1 Å². The zero-order chi connectivity index (χ0) is 13.9. The molecule has 0 aromatic heterocycles. The summed E-state index contributed by atoms with van der Waals surface area (Å²) in [4.78, 5) is 11.8. The molecule has 0 aliphatic carbocycles. The monoisotopic (exact) mass is 264 g/mol. The molecule has 1 fully saturated rings. The Morgan fingerprint density at radius 3 is 2.79 bits per heavy atom. The predicted molar refractivity (Wildman–Crippen MR) is 72.5 cm³/mol. The molecule has 2 rings (SSSR count). The second kappa shape index (κ2) is 5.59. The van der Waals surface area contributed by atoms with Crippen LogP contribution in [0.2, 0.25) is 0 Å². The first-order chi connectivity index (χ1) is 8.99. The number of ether oxygens (including phenoxy) is 1. The fourth-order valence-electron chi connectivity index (χ4n) is 2.14. The van der Waals surface area contributed by atoms with Crippen molar-refractivity contribution in [3.63, 3.8) is 0 Å². The molecule has 104 valence electrons. The highest BCUT2D eigenvalue weighted by Gasteiger charge is 2.39. The SMILES string of the molecule is CC1OCCC1(O)CNC(=O)Cc1ccc(N)cc1. The van der Waals surface area contributed by atoms with Crippen molar-refractivity contribution in [2.75, 3.05) is 18.9 Å². The Bertz CT molecular complexity index is 447. The Labute approximate surface area is 112 Å². The lowest BCUT2D eigenvalue weighted by Crippen LogP contribution is -2.47. The molecule has 1 saturated heterocycles. The topological polar surface area (TPSA) is 84.6 Å². The maximum absolute atomic E-state index is 11.8. The number of aliphatic hydroxyl groups is 1. The van der Waals surface area contributed by atoms with Crippen molar-refractivity contribution in [3.05, 3.63) is 29.8 Å². The Hall–Kier alpha value is -1.59. The lowest BCUT2D eigenvalue weighted by Gasteiger charge is -2.26. The number of benzene rings is 1. The van der Waals surface area contributed by atoms with Crippen LogP contribution in [0.15, 0.2) is 24.3 Å². The number of rotatable bonds is 4. The van der Waals surface area contributed by atoms with Crippen LogP contribution >= 0.6 is 0 Å². The summed E-state index contributed by atoms with van der Waals surface area (Å²) in [6, 6.07) is 7.18. The molecule has 1 aliphatic heterocycles. The quantitative estimate of drug-likeness (QED) is 0.690. The Morgan fingerprint density at radius 1 is 1.53 bits per heavy atom. The van der Waals surface area contributed by atoms with E-state index in [1.807, 2.05) is 19.1 Å². The smallest absolute Gasteiger partial charge is 0.224 e. The number of nitrogen functional groups attached to an aromatic ring is 1. The molecule has 5 nitrogen and oxygen atoms in total. The highest BCUT2D eigenvalue weighted by atomic mass is 16.5. The van der Waals surface area contributed by atoms with Gasteiger partial charge in [-0.15, -0.1) is 0 Å². The minimum absolute atomic E-state index is 0.114. The molecular formula is C14H20N2O3. The minimum Gasteiger partial charge on any atom is -0.399 e. The van der Waals surface area contributed by atoms with Crippen molar-refractivity contribution in [1.29, 1.82) is 0 Å². The summed E-state index contributed by atoms with van der Waals surface area (Å²) < 4.78 is 5.32. The summed E-state index contributed by atoms with van der Waals surface area (Å²) in [5, 5.41) is 13.0. The second-order valence-corrected chi connectivity index (χ2v) is 5.06. The molecule has 2 atom stereocenters. The molecule has 0 spiro atoms. The van der Waals surface area contributed by atoms with E-state index in [2.05, 4.69) is 5.32 Å². The van der Waals surface area contributed by atoms with E-state index in [0.717, 1.165) is 5.56 Å². The van der Waals surface area contributed by atoms with Crippen molar-refractivity contribution in [1.82, 2.24) is 5.32 Å². The van der Waals surface area contributed by atoms with E-state index in [1.165, 1.54) is 0 Å². The summed E-state index contributed by atoms with van der Waals surface area (Å²) in [5.74, 6) is -0.114. The molecule has 1 heterocycles. The van der Waals surface area contributed by atoms with Crippen LogP contribution in [0.25, 0.3) is 0 Å². The average molecular weight is 264 g/mol. The first-order valence-corrected chi connectivity index (χ1v) is 6.45. The van der Waals surface area contributed by atoms with Gasteiger partial charge in [-0.25, -0.2) is 0 Å². The summed E-state index contributed by atoms with van der Waals surface area (Å²) in [6.45, 7) is 2.58. The lowest BCUT2D eigenvalue weighted by molar-refractivity contribution is -0.122. The highest BCUT2D eigenvalue weighted by Crippen LogP contribution is 2.24. The van der Waals surface area contributed by atoms with E-state index in [1.54, 1.807) is 12.1 Å². The zero-order valence-electron chi connectivity index (χ0n) is 11.1. The fourth-order valence-corrected chi connectivity index (χ4v) is 2.14. The second-order valence-electron chi connectivity index (χ2n) is 5.06. The summed E-state index contributed by atoms with van der Waals surface area (Å²) in [5.41, 5.74) is 6.21. The predicted octanol–water partition coefficient (Wildman–Crippen LogP) is 0.467. The van der Waals surface area contributed by atoms with E-state index in [-0.39, 0.29) is 25.0 Å². The molecule has 0 bridgehead atoms. The van der Waals surface area contributed by atoms with Crippen LogP contribution in [0.4, 0.5) is 5.69 Å². The molecular weight excluding hydrogens is 244 g/mol. The van der Waals surface area contributed by atoms with E-state index >= 15 is 0 Å². The van der Waals surface area contributed by atoms with Gasteiger partial charge >= 0.3 is 0 Å². The van der Waals surface area contributed by atoms with Gasteiger partial charge in [0.1, 0.15) is 5.60 Å². The van der Waals surface area contributed by atoms with Gasteiger partial charge in [0.25, 0.3) is 0 Å². The van der Waals surface area contributed by atoms with Crippen LogP contribution < -0.4 is 11.1 Å². The van der Waals surface area contributed by atoms with Crippen LogP contribution in [0.1, 0.15) is 18.9 Å². The standard InChI is InChI=1S/C14H20N2O3/c1-10-14(18,6-7-19-10)9-16-13(17)8-11-2-4-12(15)5-3-11/h2-5,10,18H,6-9,15H2,1H3,(H,16,17). The van der Waals surface area contributed by atoms with Gasteiger partial charge in [0, 0.05) is 25.3 Å². The lowest BCUT2D eigenvalue weighted by atomic mass is 9.96. The number of hydrogen-bond donors (Lipinski definition) is 3. The van der Waals surface area contributed by atoms with E-state index in [4.69, 9.17) is 10.5 Å². The maximum atomic E-state index is 11.8. The number of nitrogens with one attached hydrogen (secondary N) is 1. The Kier molecular flexibility index (Phi) is 4.07. The number of amides is 1. The largest absolute Gasteiger partial charge is 0.399 e. The summed E-state index contributed by atoms with van der Waals surface area (Å²) in [6.07, 6.45) is 0.589. The van der Waals surface area contributed by atoms with E-state index in [0.29, 0.717) is 18.7 Å². The number of nitrogens with two attached hydrogens (primary N) is 1. The number of carbonyl (C=O) groups excluding carboxylic acids is 1. The van der Waals surface area contributed by atoms with Crippen LogP contribution in [-0.4, -0.2) is 35.9 Å². The van der Waals surface area contributed by atoms with Crippen molar-refractivity contribution in [2.45, 2.75) is 31.5 Å². The van der Waals surface area contributed by atoms with Crippen molar-refractivity contribution < 1.29 is 14.6 Å². The number of anilines is 1. The Morgan fingerprint density at radius 2 is 2.21 bits per heavy atom.